The van der Waals surface area contributed by atoms with Crippen molar-refractivity contribution in [2.75, 3.05) is 13.3 Å². The predicted molar refractivity (Wildman–Crippen MR) is 51.4 cm³/mol. The van der Waals surface area contributed by atoms with E-state index in [4.69, 9.17) is 0 Å². The fraction of sp³-hybridized carbons (Fsp3) is 0.286. The molecule has 0 saturated carbocycles. The van der Waals surface area contributed by atoms with Crippen molar-refractivity contribution in [2.24, 2.45) is 10.1 Å². The second-order valence-electron chi connectivity index (χ2n) is 2.55. The minimum absolute atomic E-state index is 0.314. The van der Waals surface area contributed by atoms with Gasteiger partial charge >= 0.3 is 5.91 Å². The second kappa shape index (κ2) is 2.88. The van der Waals surface area contributed by atoms with Gasteiger partial charge in [0.1, 0.15) is 5.57 Å². The van der Waals surface area contributed by atoms with E-state index in [0.29, 0.717) is 11.4 Å². The van der Waals surface area contributed by atoms with E-state index < -0.39 is 0 Å². The number of aliphatic imine (C=N–C) groups is 1. The molecule has 1 radical (unpaired) electrons. The summed E-state index contributed by atoms with van der Waals surface area (Å²) in [6.45, 7) is 0. The number of thioether (sulfide) groups is 1. The minimum Gasteiger partial charge on any atom is -0.306 e. The summed E-state index contributed by atoms with van der Waals surface area (Å²) in [5.74, 6) is 0.273. The first-order valence-corrected chi connectivity index (χ1v) is 4.85. The zero-order chi connectivity index (χ0) is 9.42. The van der Waals surface area contributed by atoms with E-state index >= 15 is 0 Å². The molecule has 2 aliphatic heterocycles. The highest BCUT2D eigenvalue weighted by Gasteiger charge is 2.31. The summed E-state index contributed by atoms with van der Waals surface area (Å²) in [4.78, 5) is 17.0. The molecule has 2 aliphatic rings. The number of fused-ring (bicyclic) bond motifs is 1. The molecule has 13 heavy (non-hydrogen) atoms. The van der Waals surface area contributed by atoms with Crippen molar-refractivity contribution in [3.63, 3.8) is 0 Å². The first kappa shape index (κ1) is 8.31. The molecule has 1 amide bonds. The van der Waals surface area contributed by atoms with E-state index in [0.717, 1.165) is 5.17 Å². The highest BCUT2D eigenvalue weighted by atomic mass is 32.2. The van der Waals surface area contributed by atoms with Gasteiger partial charge in [-0.25, -0.2) is 4.99 Å². The van der Waals surface area contributed by atoms with Crippen LogP contribution < -0.4 is 5.43 Å². The molecule has 0 aromatic rings. The summed E-state index contributed by atoms with van der Waals surface area (Å²) < 4.78 is 0. The summed E-state index contributed by atoms with van der Waals surface area (Å²) in [7, 11) is 1.81. The summed E-state index contributed by atoms with van der Waals surface area (Å²) in [6, 6.07) is 0. The van der Waals surface area contributed by atoms with Gasteiger partial charge in [0.2, 0.25) is 0 Å². The van der Waals surface area contributed by atoms with Crippen molar-refractivity contribution < 1.29 is 4.79 Å². The van der Waals surface area contributed by atoms with Crippen LogP contribution >= 0.6 is 11.8 Å². The van der Waals surface area contributed by atoms with E-state index in [2.05, 4.69) is 15.5 Å². The van der Waals surface area contributed by atoms with Gasteiger partial charge in [-0.2, -0.15) is 0 Å². The smallest absolute Gasteiger partial charge is 0.300 e. The highest BCUT2D eigenvalue weighted by Crippen LogP contribution is 2.18. The number of nitrogens with zero attached hydrogens (tertiary/aromatic N) is 4. The van der Waals surface area contributed by atoms with Crippen LogP contribution in [-0.2, 0) is 4.79 Å². The Labute approximate surface area is 79.6 Å². The molecule has 2 rings (SSSR count). The minimum atomic E-state index is -0.314. The van der Waals surface area contributed by atoms with Crippen LogP contribution in [-0.4, -0.2) is 35.1 Å². The Bertz CT molecular complexity index is 358. The number of amides is 1. The number of hydrogen-bond acceptors (Lipinski definition) is 5. The molecule has 2 heterocycles. The normalized spacial score (nSPS) is 20.3. The van der Waals surface area contributed by atoms with Gasteiger partial charge in [0.15, 0.2) is 11.0 Å². The lowest BCUT2D eigenvalue weighted by molar-refractivity contribution is -0.116. The van der Waals surface area contributed by atoms with Crippen LogP contribution in [0, 0.1) is 0 Å². The van der Waals surface area contributed by atoms with Crippen molar-refractivity contribution in [3.05, 3.63) is 11.8 Å². The van der Waals surface area contributed by atoms with E-state index in [1.165, 1.54) is 18.0 Å². The zero-order valence-corrected chi connectivity index (χ0v) is 8.00. The monoisotopic (exact) mass is 195 g/mol. The Kier molecular flexibility index (Phi) is 1.84. The number of carbonyl (C=O) groups excluding carboxylic acids is 1. The lowest BCUT2D eigenvalue weighted by atomic mass is 10.2. The van der Waals surface area contributed by atoms with Crippen molar-refractivity contribution in [1.82, 2.24) is 10.3 Å². The Morgan fingerprint density at radius 3 is 3.00 bits per heavy atom. The summed E-state index contributed by atoms with van der Waals surface area (Å²) in [6.07, 6.45) is 3.44. The van der Waals surface area contributed by atoms with Crippen LogP contribution in [0.1, 0.15) is 0 Å². The SMILES string of the molecule is CSC1=NC=C2C(=O)[N]N=C2N1C. The average molecular weight is 195 g/mol. The number of carbonyl (C=O) groups is 1. The molecular formula is C7H7N4OS. The lowest BCUT2D eigenvalue weighted by Gasteiger charge is -2.21. The van der Waals surface area contributed by atoms with Gasteiger partial charge in [-0.05, 0) is 6.26 Å². The maximum absolute atomic E-state index is 11.1. The van der Waals surface area contributed by atoms with E-state index in [1.807, 2.05) is 13.3 Å². The van der Waals surface area contributed by atoms with Crippen LogP contribution in [0.25, 0.3) is 0 Å². The van der Waals surface area contributed by atoms with Crippen molar-refractivity contribution in [3.8, 4) is 0 Å². The van der Waals surface area contributed by atoms with Gasteiger partial charge in [0.05, 0.1) is 0 Å². The third-order valence-electron chi connectivity index (χ3n) is 1.80. The summed E-state index contributed by atoms with van der Waals surface area (Å²) in [5.41, 5.74) is 3.93. The summed E-state index contributed by atoms with van der Waals surface area (Å²) in [5, 5.41) is 4.59. The molecule has 0 aromatic carbocycles. The van der Waals surface area contributed by atoms with Gasteiger partial charge < -0.3 is 4.90 Å². The van der Waals surface area contributed by atoms with Crippen LogP contribution in [0.5, 0.6) is 0 Å². The second-order valence-corrected chi connectivity index (χ2v) is 3.32. The molecule has 67 valence electrons. The Balaban J connectivity index is 2.42. The highest BCUT2D eigenvalue weighted by molar-refractivity contribution is 8.13. The maximum atomic E-state index is 11.1. The molecule has 0 atom stereocenters. The van der Waals surface area contributed by atoms with Gasteiger partial charge in [0.25, 0.3) is 0 Å². The van der Waals surface area contributed by atoms with Gasteiger partial charge in [-0.15, -0.1) is 10.5 Å². The largest absolute Gasteiger partial charge is 0.306 e. The number of rotatable bonds is 0. The Morgan fingerprint density at radius 2 is 2.31 bits per heavy atom. The molecule has 0 saturated heterocycles. The third-order valence-corrected chi connectivity index (χ3v) is 2.54. The van der Waals surface area contributed by atoms with Gasteiger partial charge in [0, 0.05) is 13.2 Å². The quantitative estimate of drug-likeness (QED) is 0.546. The molecule has 0 fully saturated rings. The molecule has 0 bridgehead atoms. The maximum Gasteiger partial charge on any atom is 0.300 e. The topological polar surface area (TPSA) is 59.1 Å². The first-order valence-electron chi connectivity index (χ1n) is 3.63. The molecule has 0 aliphatic carbocycles. The zero-order valence-electron chi connectivity index (χ0n) is 7.18. The number of likely N-dealkylation sites (N-methyl/N-ethyl adjacent to an activating group) is 1. The predicted octanol–water partition coefficient (Wildman–Crippen LogP) is -0.00720. The van der Waals surface area contributed by atoms with E-state index in [9.17, 15) is 4.79 Å². The van der Waals surface area contributed by atoms with E-state index in [-0.39, 0.29) is 5.91 Å². The lowest BCUT2D eigenvalue weighted by Crippen LogP contribution is -2.34. The molecule has 0 N–H and O–H groups in total. The fourth-order valence-electron chi connectivity index (χ4n) is 1.14. The summed E-state index contributed by atoms with van der Waals surface area (Å²) >= 11 is 1.50. The molecule has 0 unspecified atom stereocenters. The molecule has 6 heteroatoms. The van der Waals surface area contributed by atoms with Crippen LogP contribution in [0.4, 0.5) is 0 Å². The molecule has 5 nitrogen and oxygen atoms in total. The first-order chi connectivity index (χ1) is 6.24. The van der Waals surface area contributed by atoms with Crippen LogP contribution in [0.3, 0.4) is 0 Å². The standard InChI is InChI=1S/C7H7N4OS/c1-11-5-4(6(12)10-9-5)3-8-7(11)13-2/h3H,1-2H3. The van der Waals surface area contributed by atoms with Crippen molar-refractivity contribution >= 4 is 28.7 Å². The number of amidine groups is 2. The fourth-order valence-corrected chi connectivity index (χ4v) is 1.66. The van der Waals surface area contributed by atoms with Gasteiger partial charge in [-0.3, -0.25) is 4.79 Å². The van der Waals surface area contributed by atoms with Crippen LogP contribution in [0.2, 0.25) is 0 Å². The van der Waals surface area contributed by atoms with Crippen molar-refractivity contribution in [1.29, 1.82) is 0 Å². The van der Waals surface area contributed by atoms with Crippen LogP contribution in [0.15, 0.2) is 21.9 Å². The number of hydrogen-bond donors (Lipinski definition) is 0. The molecular weight excluding hydrogens is 188 g/mol. The third kappa shape index (κ3) is 1.14. The average Bonchev–Trinajstić information content (AvgIpc) is 2.50. The Hall–Kier alpha value is -1.30. The van der Waals surface area contributed by atoms with Gasteiger partial charge in [-0.1, -0.05) is 11.8 Å². The van der Waals surface area contributed by atoms with E-state index in [1.54, 1.807) is 4.90 Å². The van der Waals surface area contributed by atoms with Crippen molar-refractivity contribution in [2.45, 2.75) is 0 Å². The molecule has 0 aromatic heterocycles. The Morgan fingerprint density at radius 1 is 1.54 bits per heavy atom. The molecule has 0 spiro atoms.